The summed E-state index contributed by atoms with van der Waals surface area (Å²) in [6.45, 7) is 6.09. The lowest BCUT2D eigenvalue weighted by atomic mass is 9.99. The Morgan fingerprint density at radius 2 is 1.61 bits per heavy atom. The summed E-state index contributed by atoms with van der Waals surface area (Å²) in [7, 11) is 3.11. The van der Waals surface area contributed by atoms with Crippen LogP contribution in [-0.4, -0.2) is 37.5 Å². The number of aryl methyl sites for hydroxylation is 2. The number of hydrogen-bond acceptors (Lipinski definition) is 5. The van der Waals surface area contributed by atoms with Gasteiger partial charge in [-0.3, -0.25) is 14.5 Å². The maximum atomic E-state index is 12.9. The van der Waals surface area contributed by atoms with Crippen molar-refractivity contribution in [2.24, 2.45) is 0 Å². The van der Waals surface area contributed by atoms with Crippen molar-refractivity contribution in [3.63, 3.8) is 0 Å². The first-order valence-corrected chi connectivity index (χ1v) is 9.08. The molecule has 0 atom stereocenters. The van der Waals surface area contributed by atoms with Crippen molar-refractivity contribution in [3.05, 3.63) is 58.8 Å². The van der Waals surface area contributed by atoms with Crippen molar-refractivity contribution >= 4 is 23.1 Å². The lowest BCUT2D eigenvalue weighted by molar-refractivity contribution is -0.136. The van der Waals surface area contributed by atoms with Gasteiger partial charge in [0.25, 0.3) is 11.8 Å². The maximum absolute atomic E-state index is 12.9. The molecule has 0 saturated heterocycles. The second-order valence-electron chi connectivity index (χ2n) is 6.60. The van der Waals surface area contributed by atoms with E-state index in [1.54, 1.807) is 39.3 Å². The first-order chi connectivity index (χ1) is 13.4. The molecule has 6 nitrogen and oxygen atoms in total. The number of benzene rings is 2. The van der Waals surface area contributed by atoms with E-state index in [1.165, 1.54) is 4.90 Å². The Balaban J connectivity index is 2.09. The van der Waals surface area contributed by atoms with Crippen LogP contribution in [0.15, 0.2) is 42.1 Å². The highest BCUT2D eigenvalue weighted by Crippen LogP contribution is 2.34. The zero-order valence-corrected chi connectivity index (χ0v) is 16.8. The molecule has 6 heteroatoms. The van der Waals surface area contributed by atoms with Gasteiger partial charge in [-0.1, -0.05) is 18.2 Å². The molecule has 1 N–H and O–H groups in total. The molecule has 0 spiro atoms. The number of rotatable bonds is 6. The molecule has 0 aromatic heterocycles. The number of hydrogen-bond donors (Lipinski definition) is 1. The number of carbonyl (C=O) groups is 2. The molecule has 2 aromatic carbocycles. The van der Waals surface area contributed by atoms with Gasteiger partial charge in [-0.05, 0) is 49.6 Å². The highest BCUT2D eigenvalue weighted by Gasteiger charge is 2.38. The van der Waals surface area contributed by atoms with Gasteiger partial charge in [-0.15, -0.1) is 0 Å². The predicted octanol–water partition coefficient (Wildman–Crippen LogP) is 3.53. The molecule has 0 fully saturated rings. The van der Waals surface area contributed by atoms with Crippen LogP contribution in [0, 0.1) is 13.8 Å². The molecule has 0 unspecified atom stereocenters. The van der Waals surface area contributed by atoms with Crippen molar-refractivity contribution in [3.8, 4) is 11.5 Å². The second-order valence-corrected chi connectivity index (χ2v) is 6.60. The fraction of sp³-hybridized carbons (Fsp3) is 0.273. The molecule has 0 aliphatic carbocycles. The average molecular weight is 380 g/mol. The third-order valence-electron chi connectivity index (χ3n) is 4.93. The zero-order valence-electron chi connectivity index (χ0n) is 16.8. The summed E-state index contributed by atoms with van der Waals surface area (Å²) in [5.41, 5.74) is 4.19. The van der Waals surface area contributed by atoms with Gasteiger partial charge in [0.15, 0.2) is 11.5 Å². The third kappa shape index (κ3) is 3.33. The first kappa shape index (κ1) is 19.5. The largest absolute Gasteiger partial charge is 0.493 e. The van der Waals surface area contributed by atoms with E-state index < -0.39 is 0 Å². The standard InChI is InChI=1S/C22H24N2O4/c1-6-24-21(25)19(15-8-7-13(2)14(3)11-15)20(22(24)26)23-16-9-10-17(27-4)18(12-16)28-5/h7-12,23H,6H2,1-5H3. The Bertz CT molecular complexity index is 978. The quantitative estimate of drug-likeness (QED) is 0.777. The van der Waals surface area contributed by atoms with Gasteiger partial charge in [-0.25, -0.2) is 0 Å². The summed E-state index contributed by atoms with van der Waals surface area (Å²) in [5, 5.41) is 3.13. The minimum absolute atomic E-state index is 0.266. The number of imide groups is 1. The third-order valence-corrected chi connectivity index (χ3v) is 4.93. The summed E-state index contributed by atoms with van der Waals surface area (Å²) in [6, 6.07) is 11.0. The number of nitrogens with zero attached hydrogens (tertiary/aromatic N) is 1. The predicted molar refractivity (Wildman–Crippen MR) is 108 cm³/mol. The van der Waals surface area contributed by atoms with Crippen LogP contribution in [0.2, 0.25) is 0 Å². The van der Waals surface area contributed by atoms with Crippen LogP contribution >= 0.6 is 0 Å². The number of likely N-dealkylation sites (N-methyl/N-ethyl adjacent to an activating group) is 1. The Labute approximate surface area is 164 Å². The molecule has 1 aliphatic rings. The van der Waals surface area contributed by atoms with Gasteiger partial charge in [-0.2, -0.15) is 0 Å². The van der Waals surface area contributed by atoms with Crippen molar-refractivity contribution in [1.82, 2.24) is 4.90 Å². The number of ether oxygens (including phenoxy) is 2. The van der Waals surface area contributed by atoms with Crippen LogP contribution in [0.3, 0.4) is 0 Å². The van der Waals surface area contributed by atoms with Crippen molar-refractivity contribution in [1.29, 1.82) is 0 Å². The van der Waals surface area contributed by atoms with E-state index in [2.05, 4.69) is 5.32 Å². The molecular weight excluding hydrogens is 356 g/mol. The smallest absolute Gasteiger partial charge is 0.278 e. The molecule has 1 aliphatic heterocycles. The van der Waals surface area contributed by atoms with Gasteiger partial charge >= 0.3 is 0 Å². The van der Waals surface area contributed by atoms with E-state index in [0.29, 0.717) is 29.3 Å². The average Bonchev–Trinajstić information content (AvgIpc) is 2.93. The Hall–Kier alpha value is -3.28. The van der Waals surface area contributed by atoms with E-state index in [0.717, 1.165) is 16.7 Å². The number of methoxy groups -OCH3 is 2. The minimum atomic E-state index is -0.337. The van der Waals surface area contributed by atoms with Crippen LogP contribution in [0.1, 0.15) is 23.6 Å². The molecule has 28 heavy (non-hydrogen) atoms. The summed E-state index contributed by atoms with van der Waals surface area (Å²) in [4.78, 5) is 27.1. The maximum Gasteiger partial charge on any atom is 0.278 e. The SMILES string of the molecule is CCN1C(=O)C(Nc2ccc(OC)c(OC)c2)=C(c2ccc(C)c(C)c2)C1=O. The molecular formula is C22H24N2O4. The van der Waals surface area contributed by atoms with E-state index in [-0.39, 0.29) is 17.5 Å². The fourth-order valence-electron chi connectivity index (χ4n) is 3.20. The van der Waals surface area contributed by atoms with E-state index >= 15 is 0 Å². The van der Waals surface area contributed by atoms with Crippen LogP contribution < -0.4 is 14.8 Å². The lowest BCUT2D eigenvalue weighted by Crippen LogP contribution is -2.32. The van der Waals surface area contributed by atoms with Crippen LogP contribution in [0.5, 0.6) is 11.5 Å². The summed E-state index contributed by atoms with van der Waals surface area (Å²) in [5.74, 6) is 0.486. The van der Waals surface area contributed by atoms with Crippen LogP contribution in [0.25, 0.3) is 5.57 Å². The summed E-state index contributed by atoms with van der Waals surface area (Å²) in [6.07, 6.45) is 0. The lowest BCUT2D eigenvalue weighted by Gasteiger charge is -2.13. The molecule has 146 valence electrons. The van der Waals surface area contributed by atoms with Gasteiger partial charge in [0, 0.05) is 18.3 Å². The molecule has 0 radical (unpaired) electrons. The zero-order chi connectivity index (χ0) is 20.4. The Kier molecular flexibility index (Phi) is 5.40. The van der Waals surface area contributed by atoms with E-state index in [4.69, 9.17) is 9.47 Å². The van der Waals surface area contributed by atoms with Gasteiger partial charge in [0.05, 0.1) is 19.8 Å². The van der Waals surface area contributed by atoms with Crippen molar-refractivity contribution in [2.75, 3.05) is 26.1 Å². The highest BCUT2D eigenvalue weighted by atomic mass is 16.5. The monoisotopic (exact) mass is 380 g/mol. The summed E-state index contributed by atoms with van der Waals surface area (Å²) < 4.78 is 10.6. The van der Waals surface area contributed by atoms with Gasteiger partial charge < -0.3 is 14.8 Å². The molecule has 0 bridgehead atoms. The minimum Gasteiger partial charge on any atom is -0.493 e. The Morgan fingerprint density at radius 3 is 2.21 bits per heavy atom. The van der Waals surface area contributed by atoms with E-state index in [1.807, 2.05) is 32.0 Å². The topological polar surface area (TPSA) is 67.9 Å². The molecule has 0 saturated carbocycles. The van der Waals surface area contributed by atoms with Crippen LogP contribution in [0.4, 0.5) is 5.69 Å². The number of nitrogens with one attached hydrogen (secondary N) is 1. The first-order valence-electron chi connectivity index (χ1n) is 9.08. The molecule has 2 amide bonds. The van der Waals surface area contributed by atoms with Crippen molar-refractivity contribution < 1.29 is 19.1 Å². The normalized spacial score (nSPS) is 14.0. The van der Waals surface area contributed by atoms with Crippen LogP contribution in [-0.2, 0) is 9.59 Å². The molecule has 1 heterocycles. The number of anilines is 1. The second kappa shape index (κ2) is 7.76. The number of carbonyl (C=O) groups excluding carboxylic acids is 2. The molecule has 3 rings (SSSR count). The van der Waals surface area contributed by atoms with Crippen molar-refractivity contribution in [2.45, 2.75) is 20.8 Å². The van der Waals surface area contributed by atoms with Gasteiger partial charge in [0.1, 0.15) is 5.70 Å². The van der Waals surface area contributed by atoms with E-state index in [9.17, 15) is 9.59 Å². The highest BCUT2D eigenvalue weighted by molar-refractivity contribution is 6.36. The fourth-order valence-corrected chi connectivity index (χ4v) is 3.20. The summed E-state index contributed by atoms with van der Waals surface area (Å²) >= 11 is 0. The molecule has 2 aromatic rings. The van der Waals surface area contributed by atoms with Gasteiger partial charge in [0.2, 0.25) is 0 Å². The number of amides is 2. The Morgan fingerprint density at radius 1 is 0.893 bits per heavy atom.